The Morgan fingerprint density at radius 1 is 1.12 bits per heavy atom. The van der Waals surface area contributed by atoms with Crippen molar-refractivity contribution in [3.05, 3.63) is 52.9 Å². The summed E-state index contributed by atoms with van der Waals surface area (Å²) in [6, 6.07) is 13.1. The van der Waals surface area contributed by atoms with Crippen LogP contribution in [0.5, 0.6) is 5.75 Å². The minimum atomic E-state index is -0.126. The lowest BCUT2D eigenvalue weighted by Crippen LogP contribution is -2.18. The number of aromatic nitrogens is 4. The van der Waals surface area contributed by atoms with Crippen LogP contribution < -0.4 is 10.4 Å². The predicted molar refractivity (Wildman–Crippen MR) is 98.2 cm³/mol. The van der Waals surface area contributed by atoms with Crippen molar-refractivity contribution in [1.29, 1.82) is 0 Å². The summed E-state index contributed by atoms with van der Waals surface area (Å²) in [5.74, 6) is 1.66. The van der Waals surface area contributed by atoms with Gasteiger partial charge in [-0.3, -0.25) is 4.57 Å². The van der Waals surface area contributed by atoms with Gasteiger partial charge in [0.15, 0.2) is 0 Å². The standard InChI is InChI=1S/C19H18N4O3/c1-11(2)23-16-9-6-13(10-15(16)20-19(23)24)17-21-18(26-22-17)12-4-7-14(25-3)8-5-12/h4-11H,1-3H3,(H,20,24). The van der Waals surface area contributed by atoms with Gasteiger partial charge in [0, 0.05) is 17.2 Å². The number of nitrogens with zero attached hydrogens (tertiary/aromatic N) is 3. The minimum absolute atomic E-state index is 0.0777. The number of methoxy groups -OCH3 is 1. The summed E-state index contributed by atoms with van der Waals surface area (Å²) < 4.78 is 12.3. The summed E-state index contributed by atoms with van der Waals surface area (Å²) in [6.07, 6.45) is 0. The fourth-order valence-electron chi connectivity index (χ4n) is 2.97. The van der Waals surface area contributed by atoms with Crippen LogP contribution in [0.4, 0.5) is 0 Å². The molecule has 0 atom stereocenters. The van der Waals surface area contributed by atoms with Crippen LogP contribution in [0.1, 0.15) is 19.9 Å². The van der Waals surface area contributed by atoms with E-state index in [0.29, 0.717) is 11.7 Å². The van der Waals surface area contributed by atoms with Crippen molar-refractivity contribution in [3.63, 3.8) is 0 Å². The lowest BCUT2D eigenvalue weighted by molar-refractivity contribution is 0.414. The number of aromatic amines is 1. The first-order valence-electron chi connectivity index (χ1n) is 8.29. The molecule has 0 saturated heterocycles. The molecule has 0 aliphatic rings. The monoisotopic (exact) mass is 350 g/mol. The fraction of sp³-hybridized carbons (Fsp3) is 0.211. The first kappa shape index (κ1) is 16.1. The van der Waals surface area contributed by atoms with Crippen LogP contribution in [0, 0.1) is 0 Å². The zero-order valence-corrected chi connectivity index (χ0v) is 14.7. The Morgan fingerprint density at radius 2 is 1.85 bits per heavy atom. The van der Waals surface area contributed by atoms with Crippen LogP contribution in [-0.2, 0) is 0 Å². The molecule has 0 amide bonds. The van der Waals surface area contributed by atoms with Gasteiger partial charge in [-0.15, -0.1) is 0 Å². The Bertz CT molecular complexity index is 1120. The van der Waals surface area contributed by atoms with E-state index in [-0.39, 0.29) is 11.7 Å². The van der Waals surface area contributed by atoms with Crippen LogP contribution in [0.3, 0.4) is 0 Å². The Labute approximate surface area is 149 Å². The zero-order valence-electron chi connectivity index (χ0n) is 14.7. The Morgan fingerprint density at radius 3 is 2.54 bits per heavy atom. The molecule has 2 heterocycles. The third-order valence-electron chi connectivity index (χ3n) is 4.25. The van der Waals surface area contributed by atoms with Crippen molar-refractivity contribution in [3.8, 4) is 28.6 Å². The molecule has 7 heteroatoms. The fourth-order valence-corrected chi connectivity index (χ4v) is 2.97. The van der Waals surface area contributed by atoms with Gasteiger partial charge in [-0.1, -0.05) is 5.16 Å². The summed E-state index contributed by atoms with van der Waals surface area (Å²) >= 11 is 0. The van der Waals surface area contributed by atoms with Crippen molar-refractivity contribution >= 4 is 11.0 Å². The van der Waals surface area contributed by atoms with Gasteiger partial charge >= 0.3 is 5.69 Å². The third kappa shape index (κ3) is 2.67. The van der Waals surface area contributed by atoms with E-state index < -0.39 is 0 Å². The van der Waals surface area contributed by atoms with Crippen LogP contribution in [0.2, 0.25) is 0 Å². The molecule has 4 rings (SSSR count). The summed E-state index contributed by atoms with van der Waals surface area (Å²) in [5, 5.41) is 4.06. The molecule has 4 aromatic rings. The number of fused-ring (bicyclic) bond motifs is 1. The SMILES string of the molecule is COc1ccc(-c2nc(-c3ccc4c(c3)[nH]c(=O)n4C(C)C)no2)cc1. The molecule has 26 heavy (non-hydrogen) atoms. The largest absolute Gasteiger partial charge is 0.497 e. The van der Waals surface area contributed by atoms with Crippen LogP contribution >= 0.6 is 0 Å². The molecule has 0 saturated carbocycles. The zero-order chi connectivity index (χ0) is 18.3. The van der Waals surface area contributed by atoms with E-state index in [4.69, 9.17) is 9.26 Å². The van der Waals surface area contributed by atoms with E-state index in [9.17, 15) is 4.79 Å². The average Bonchev–Trinajstić information content (AvgIpc) is 3.25. The number of imidazole rings is 1. The first-order chi connectivity index (χ1) is 12.6. The number of rotatable bonds is 4. The molecule has 0 fully saturated rings. The van der Waals surface area contributed by atoms with E-state index in [1.54, 1.807) is 11.7 Å². The van der Waals surface area contributed by atoms with E-state index in [0.717, 1.165) is 27.9 Å². The van der Waals surface area contributed by atoms with Crippen molar-refractivity contribution in [2.45, 2.75) is 19.9 Å². The van der Waals surface area contributed by atoms with Gasteiger partial charge in [0.05, 0.1) is 18.1 Å². The number of ether oxygens (including phenoxy) is 1. The topological polar surface area (TPSA) is 85.9 Å². The van der Waals surface area contributed by atoms with Gasteiger partial charge in [-0.25, -0.2) is 4.79 Å². The third-order valence-corrected chi connectivity index (χ3v) is 4.25. The van der Waals surface area contributed by atoms with E-state index in [1.165, 1.54) is 0 Å². The normalized spacial score (nSPS) is 11.4. The van der Waals surface area contributed by atoms with E-state index in [2.05, 4.69) is 15.1 Å². The van der Waals surface area contributed by atoms with Crippen molar-refractivity contribution in [1.82, 2.24) is 19.7 Å². The number of nitrogens with one attached hydrogen (secondary N) is 1. The molecule has 0 aliphatic carbocycles. The highest BCUT2D eigenvalue weighted by Crippen LogP contribution is 2.26. The number of hydrogen-bond donors (Lipinski definition) is 1. The maximum Gasteiger partial charge on any atom is 0.326 e. The van der Waals surface area contributed by atoms with Gasteiger partial charge in [0.25, 0.3) is 5.89 Å². The molecule has 2 aromatic carbocycles. The molecule has 7 nitrogen and oxygen atoms in total. The summed E-state index contributed by atoms with van der Waals surface area (Å²) in [5.41, 5.74) is 3.06. The first-order valence-corrected chi connectivity index (χ1v) is 8.29. The molecular formula is C19H18N4O3. The quantitative estimate of drug-likeness (QED) is 0.607. The second-order valence-electron chi connectivity index (χ2n) is 6.28. The molecule has 1 N–H and O–H groups in total. The number of hydrogen-bond acceptors (Lipinski definition) is 5. The van der Waals surface area contributed by atoms with Crippen molar-refractivity contribution < 1.29 is 9.26 Å². The van der Waals surface area contributed by atoms with Crippen LogP contribution in [0.15, 0.2) is 51.8 Å². The van der Waals surface area contributed by atoms with Crippen LogP contribution in [0.25, 0.3) is 33.9 Å². The molecule has 0 unspecified atom stereocenters. The maximum absolute atomic E-state index is 12.1. The summed E-state index contributed by atoms with van der Waals surface area (Å²) in [7, 11) is 1.62. The number of benzene rings is 2. The Kier molecular flexibility index (Phi) is 3.84. The highest BCUT2D eigenvalue weighted by Gasteiger charge is 2.14. The second-order valence-corrected chi connectivity index (χ2v) is 6.28. The van der Waals surface area contributed by atoms with Gasteiger partial charge in [-0.2, -0.15) is 4.98 Å². The van der Waals surface area contributed by atoms with Gasteiger partial charge < -0.3 is 14.2 Å². The summed E-state index contributed by atoms with van der Waals surface area (Å²) in [6.45, 7) is 3.95. The molecule has 0 spiro atoms. The van der Waals surface area contributed by atoms with Crippen molar-refractivity contribution in [2.24, 2.45) is 0 Å². The van der Waals surface area contributed by atoms with Gasteiger partial charge in [-0.05, 0) is 56.3 Å². The van der Waals surface area contributed by atoms with Crippen LogP contribution in [-0.4, -0.2) is 26.8 Å². The highest BCUT2D eigenvalue weighted by atomic mass is 16.5. The van der Waals surface area contributed by atoms with Gasteiger partial charge in [0.1, 0.15) is 5.75 Å². The second kappa shape index (κ2) is 6.18. The molecular weight excluding hydrogens is 332 g/mol. The molecule has 2 aromatic heterocycles. The lowest BCUT2D eigenvalue weighted by atomic mass is 10.2. The highest BCUT2D eigenvalue weighted by molar-refractivity contribution is 5.81. The molecule has 0 aliphatic heterocycles. The van der Waals surface area contributed by atoms with E-state index >= 15 is 0 Å². The van der Waals surface area contributed by atoms with Gasteiger partial charge in [0.2, 0.25) is 5.82 Å². The molecule has 0 radical (unpaired) electrons. The molecule has 0 bridgehead atoms. The van der Waals surface area contributed by atoms with E-state index in [1.807, 2.05) is 56.3 Å². The Hall–Kier alpha value is -3.35. The average molecular weight is 350 g/mol. The van der Waals surface area contributed by atoms with Crippen molar-refractivity contribution in [2.75, 3.05) is 7.11 Å². The number of H-pyrrole nitrogens is 1. The minimum Gasteiger partial charge on any atom is -0.497 e. The molecule has 132 valence electrons. The lowest BCUT2D eigenvalue weighted by Gasteiger charge is -2.06. The maximum atomic E-state index is 12.1. The smallest absolute Gasteiger partial charge is 0.326 e. The Balaban J connectivity index is 1.72. The summed E-state index contributed by atoms with van der Waals surface area (Å²) in [4.78, 5) is 19.5. The predicted octanol–water partition coefficient (Wildman–Crippen LogP) is 3.64.